The zero-order chi connectivity index (χ0) is 14.7. The molecular weight excluding hydrogens is 248 g/mol. The van der Waals surface area contributed by atoms with Crippen molar-refractivity contribution in [3.8, 4) is 6.07 Å². The van der Waals surface area contributed by atoms with Gasteiger partial charge in [0.1, 0.15) is 11.8 Å². The van der Waals surface area contributed by atoms with E-state index >= 15 is 0 Å². The van der Waals surface area contributed by atoms with Crippen LogP contribution in [-0.2, 0) is 13.6 Å². The number of hydrogen-bond acceptors (Lipinski definition) is 3. The topological polar surface area (TPSA) is 44.9 Å². The van der Waals surface area contributed by atoms with Gasteiger partial charge in [0.05, 0.1) is 0 Å². The fourth-order valence-corrected chi connectivity index (χ4v) is 2.33. The molecule has 0 radical (unpaired) electrons. The van der Waals surface area contributed by atoms with Crippen LogP contribution in [0.5, 0.6) is 0 Å². The normalized spacial score (nSPS) is 12.4. The zero-order valence-corrected chi connectivity index (χ0v) is 12.5. The second kappa shape index (κ2) is 5.89. The highest BCUT2D eigenvalue weighted by molar-refractivity contribution is 5.34. The van der Waals surface area contributed by atoms with E-state index in [1.54, 1.807) is 0 Å². The maximum atomic E-state index is 9.09. The molecule has 0 saturated heterocycles. The molecule has 0 unspecified atom stereocenters. The number of hydrogen-bond donors (Lipinski definition) is 0. The number of nitriles is 1. The smallest absolute Gasteiger partial charge is 0.120 e. The van der Waals surface area contributed by atoms with E-state index in [0.29, 0.717) is 11.7 Å². The standard InChI is InChI=1S/C16H20N4/c1-12(14-5-7-18-8-6-14)19(3)11-15-9-16(10-17)20(4)13(15)2/h5-9,12H,11H2,1-4H3/t12-/m0/s1. The average Bonchev–Trinajstić information content (AvgIpc) is 2.75. The van der Waals surface area contributed by atoms with Crippen LogP contribution in [-0.4, -0.2) is 21.5 Å². The van der Waals surface area contributed by atoms with Crippen LogP contribution in [0.4, 0.5) is 0 Å². The minimum atomic E-state index is 0.308. The van der Waals surface area contributed by atoms with Crippen LogP contribution in [0.3, 0.4) is 0 Å². The minimum Gasteiger partial charge on any atom is -0.340 e. The lowest BCUT2D eigenvalue weighted by Crippen LogP contribution is -2.22. The zero-order valence-electron chi connectivity index (χ0n) is 12.5. The van der Waals surface area contributed by atoms with Crippen LogP contribution in [0.25, 0.3) is 0 Å². The molecule has 20 heavy (non-hydrogen) atoms. The molecule has 2 aromatic heterocycles. The van der Waals surface area contributed by atoms with Gasteiger partial charge in [-0.3, -0.25) is 9.88 Å². The van der Waals surface area contributed by atoms with Gasteiger partial charge < -0.3 is 4.57 Å². The summed E-state index contributed by atoms with van der Waals surface area (Å²) in [6.45, 7) is 5.06. The highest BCUT2D eigenvalue weighted by atomic mass is 15.1. The number of pyridine rings is 1. The molecule has 0 fully saturated rings. The Bertz CT molecular complexity index is 622. The Labute approximate surface area is 120 Å². The molecule has 2 rings (SSSR count). The lowest BCUT2D eigenvalue weighted by molar-refractivity contribution is 0.252. The molecule has 0 amide bonds. The second-order valence-corrected chi connectivity index (χ2v) is 5.18. The summed E-state index contributed by atoms with van der Waals surface area (Å²) in [5.74, 6) is 0. The molecule has 2 heterocycles. The first-order chi connectivity index (χ1) is 9.54. The van der Waals surface area contributed by atoms with Crippen molar-refractivity contribution in [1.82, 2.24) is 14.5 Å². The van der Waals surface area contributed by atoms with Crippen molar-refractivity contribution in [2.75, 3.05) is 7.05 Å². The minimum absolute atomic E-state index is 0.308. The summed E-state index contributed by atoms with van der Waals surface area (Å²) in [5, 5.41) is 9.09. The molecule has 4 heteroatoms. The predicted octanol–water partition coefficient (Wildman–Crippen LogP) is 2.79. The Morgan fingerprint density at radius 3 is 2.60 bits per heavy atom. The van der Waals surface area contributed by atoms with Gasteiger partial charge in [0.25, 0.3) is 0 Å². The van der Waals surface area contributed by atoms with Gasteiger partial charge in [-0.05, 0) is 50.2 Å². The first-order valence-corrected chi connectivity index (χ1v) is 6.70. The Morgan fingerprint density at radius 2 is 2.05 bits per heavy atom. The molecule has 104 valence electrons. The van der Waals surface area contributed by atoms with Crippen LogP contribution >= 0.6 is 0 Å². The molecule has 0 aliphatic rings. The van der Waals surface area contributed by atoms with E-state index in [9.17, 15) is 0 Å². The average molecular weight is 268 g/mol. The number of nitrogens with zero attached hydrogens (tertiary/aromatic N) is 4. The van der Waals surface area contributed by atoms with E-state index in [4.69, 9.17) is 5.26 Å². The van der Waals surface area contributed by atoms with Gasteiger partial charge in [-0.1, -0.05) is 0 Å². The van der Waals surface area contributed by atoms with Gasteiger partial charge in [0, 0.05) is 37.7 Å². The van der Waals surface area contributed by atoms with Gasteiger partial charge >= 0.3 is 0 Å². The third kappa shape index (κ3) is 2.73. The largest absolute Gasteiger partial charge is 0.340 e. The van der Waals surface area contributed by atoms with Crippen molar-refractivity contribution >= 4 is 0 Å². The van der Waals surface area contributed by atoms with Crippen molar-refractivity contribution in [3.63, 3.8) is 0 Å². The molecule has 4 nitrogen and oxygen atoms in total. The highest BCUT2D eigenvalue weighted by Crippen LogP contribution is 2.22. The van der Waals surface area contributed by atoms with Crippen molar-refractivity contribution in [2.24, 2.45) is 7.05 Å². The quantitative estimate of drug-likeness (QED) is 0.856. The van der Waals surface area contributed by atoms with E-state index in [2.05, 4.69) is 36.8 Å². The van der Waals surface area contributed by atoms with Crippen LogP contribution in [0.2, 0.25) is 0 Å². The van der Waals surface area contributed by atoms with E-state index in [1.165, 1.54) is 11.1 Å². The SMILES string of the molecule is Cc1c(CN(C)[C@@H](C)c2ccncc2)cc(C#N)n1C. The van der Waals surface area contributed by atoms with Crippen LogP contribution in [0, 0.1) is 18.3 Å². The van der Waals surface area contributed by atoms with Crippen LogP contribution in [0.15, 0.2) is 30.6 Å². The van der Waals surface area contributed by atoms with Crippen LogP contribution < -0.4 is 0 Å². The van der Waals surface area contributed by atoms with E-state index in [1.807, 2.05) is 42.2 Å². The summed E-state index contributed by atoms with van der Waals surface area (Å²) < 4.78 is 1.94. The molecule has 0 N–H and O–H groups in total. The van der Waals surface area contributed by atoms with Crippen molar-refractivity contribution < 1.29 is 0 Å². The Morgan fingerprint density at radius 1 is 1.40 bits per heavy atom. The van der Waals surface area contributed by atoms with Gasteiger partial charge in [-0.15, -0.1) is 0 Å². The van der Waals surface area contributed by atoms with Crippen LogP contribution in [0.1, 0.15) is 35.5 Å². The Hall–Kier alpha value is -2.12. The first kappa shape index (κ1) is 14.3. The Kier molecular flexibility index (Phi) is 4.21. The molecule has 1 atom stereocenters. The van der Waals surface area contributed by atoms with Gasteiger partial charge in [-0.2, -0.15) is 5.26 Å². The summed E-state index contributed by atoms with van der Waals surface area (Å²) in [7, 11) is 4.03. The molecular formula is C16H20N4. The molecule has 0 saturated carbocycles. The van der Waals surface area contributed by atoms with E-state index < -0.39 is 0 Å². The van der Waals surface area contributed by atoms with Gasteiger partial charge in [0.15, 0.2) is 0 Å². The summed E-state index contributed by atoms with van der Waals surface area (Å²) in [6, 6.07) is 8.60. The maximum Gasteiger partial charge on any atom is 0.120 e. The molecule has 0 aromatic carbocycles. The lowest BCUT2D eigenvalue weighted by atomic mass is 10.1. The first-order valence-electron chi connectivity index (χ1n) is 6.70. The highest BCUT2D eigenvalue weighted by Gasteiger charge is 2.15. The number of rotatable bonds is 4. The molecule has 0 bridgehead atoms. The predicted molar refractivity (Wildman–Crippen MR) is 79.0 cm³/mol. The van der Waals surface area contributed by atoms with Crippen molar-refractivity contribution in [3.05, 3.63) is 53.1 Å². The molecule has 0 aliphatic heterocycles. The lowest BCUT2D eigenvalue weighted by Gasteiger charge is -2.25. The molecule has 0 spiro atoms. The van der Waals surface area contributed by atoms with E-state index in [-0.39, 0.29) is 0 Å². The third-order valence-corrected chi connectivity index (χ3v) is 4.02. The Balaban J connectivity index is 2.16. The fraction of sp³-hybridized carbons (Fsp3) is 0.375. The van der Waals surface area contributed by atoms with Gasteiger partial charge in [0.2, 0.25) is 0 Å². The fourth-order valence-electron chi connectivity index (χ4n) is 2.33. The van der Waals surface area contributed by atoms with E-state index in [0.717, 1.165) is 12.2 Å². The third-order valence-electron chi connectivity index (χ3n) is 4.02. The van der Waals surface area contributed by atoms with Crippen molar-refractivity contribution in [2.45, 2.75) is 26.4 Å². The van der Waals surface area contributed by atoms with Gasteiger partial charge in [-0.25, -0.2) is 0 Å². The molecule has 2 aromatic rings. The van der Waals surface area contributed by atoms with Crippen molar-refractivity contribution in [1.29, 1.82) is 5.26 Å². The maximum absolute atomic E-state index is 9.09. The second-order valence-electron chi connectivity index (χ2n) is 5.18. The monoisotopic (exact) mass is 268 g/mol. The number of aromatic nitrogens is 2. The summed E-state index contributed by atoms with van der Waals surface area (Å²) in [5.41, 5.74) is 4.31. The summed E-state index contributed by atoms with van der Waals surface area (Å²) >= 11 is 0. The summed E-state index contributed by atoms with van der Waals surface area (Å²) in [6.07, 6.45) is 3.64. The molecule has 0 aliphatic carbocycles. The summed E-state index contributed by atoms with van der Waals surface area (Å²) in [4.78, 5) is 6.33.